The van der Waals surface area contributed by atoms with Crippen molar-refractivity contribution in [2.45, 2.75) is 54.1 Å². The minimum atomic E-state index is -0.235. The van der Waals surface area contributed by atoms with Crippen molar-refractivity contribution in [2.75, 3.05) is 18.4 Å². The maximum absolute atomic E-state index is 12.3. The van der Waals surface area contributed by atoms with Crippen LogP contribution in [0, 0.1) is 27.7 Å². The van der Waals surface area contributed by atoms with Crippen molar-refractivity contribution >= 4 is 17.5 Å². The van der Waals surface area contributed by atoms with Crippen LogP contribution < -0.4 is 10.6 Å². The van der Waals surface area contributed by atoms with Gasteiger partial charge >= 0.3 is 0 Å². The van der Waals surface area contributed by atoms with E-state index in [1.165, 1.54) is 0 Å². The first-order chi connectivity index (χ1) is 13.2. The highest BCUT2D eigenvalue weighted by atomic mass is 16.3. The third-order valence-corrected chi connectivity index (χ3v) is 4.62. The first kappa shape index (κ1) is 21.7. The number of hydrogen-bond acceptors (Lipinski definition) is 4. The van der Waals surface area contributed by atoms with Crippen molar-refractivity contribution in [1.29, 1.82) is 0 Å². The second kappa shape index (κ2) is 9.55. The highest BCUT2D eigenvalue weighted by Crippen LogP contribution is 2.21. The van der Waals surface area contributed by atoms with Crippen LogP contribution in [0.15, 0.2) is 28.7 Å². The summed E-state index contributed by atoms with van der Waals surface area (Å²) in [6, 6.07) is 8.05. The average Bonchev–Trinajstić information content (AvgIpc) is 3.00. The molecule has 0 atom stereocenters. The summed E-state index contributed by atoms with van der Waals surface area (Å²) in [6.07, 6.45) is 0. The Labute approximate surface area is 167 Å². The van der Waals surface area contributed by atoms with Crippen molar-refractivity contribution in [3.63, 3.8) is 0 Å². The number of carbonyl (C=O) groups excluding carboxylic acids is 2. The molecule has 1 heterocycles. The molecule has 6 heteroatoms. The van der Waals surface area contributed by atoms with E-state index in [4.69, 9.17) is 4.42 Å². The Balaban J connectivity index is 1.87. The number of nitrogens with zero attached hydrogens (tertiary/aromatic N) is 1. The molecule has 6 nitrogen and oxygen atoms in total. The quantitative estimate of drug-likeness (QED) is 0.730. The second-order valence-corrected chi connectivity index (χ2v) is 7.61. The number of nitrogens with one attached hydrogen (secondary N) is 2. The summed E-state index contributed by atoms with van der Waals surface area (Å²) in [5.41, 5.74) is 3.98. The number of furan rings is 1. The van der Waals surface area contributed by atoms with Crippen LogP contribution in [0.2, 0.25) is 0 Å². The zero-order chi connectivity index (χ0) is 20.8. The van der Waals surface area contributed by atoms with E-state index in [0.29, 0.717) is 6.54 Å². The van der Waals surface area contributed by atoms with Gasteiger partial charge in [-0.25, -0.2) is 0 Å². The summed E-state index contributed by atoms with van der Waals surface area (Å²) in [7, 11) is 0. The first-order valence-electron chi connectivity index (χ1n) is 9.59. The van der Waals surface area contributed by atoms with Gasteiger partial charge in [-0.15, -0.1) is 0 Å². The van der Waals surface area contributed by atoms with E-state index >= 15 is 0 Å². The SMILES string of the molecule is Cc1cc(C)c(NC(=O)CNC(=O)CN(Cc2ccc(C)o2)C(C)C)c(C)c1. The van der Waals surface area contributed by atoms with Crippen LogP contribution in [0.5, 0.6) is 0 Å². The molecule has 0 unspecified atom stereocenters. The number of aryl methyl sites for hydroxylation is 4. The summed E-state index contributed by atoms with van der Waals surface area (Å²) < 4.78 is 5.60. The average molecular weight is 386 g/mol. The maximum Gasteiger partial charge on any atom is 0.243 e. The molecule has 2 N–H and O–H groups in total. The summed E-state index contributed by atoms with van der Waals surface area (Å²) in [5, 5.41) is 5.60. The Morgan fingerprint density at radius 3 is 2.21 bits per heavy atom. The second-order valence-electron chi connectivity index (χ2n) is 7.61. The van der Waals surface area contributed by atoms with E-state index in [-0.39, 0.29) is 30.9 Å². The number of hydrogen-bond donors (Lipinski definition) is 2. The molecule has 0 saturated carbocycles. The van der Waals surface area contributed by atoms with Gasteiger partial charge in [0.15, 0.2) is 0 Å². The molecular formula is C22H31N3O3. The van der Waals surface area contributed by atoms with Crippen molar-refractivity contribution in [3.8, 4) is 0 Å². The summed E-state index contributed by atoms with van der Waals surface area (Å²) in [6.45, 7) is 12.6. The molecule has 0 aliphatic heterocycles. The summed E-state index contributed by atoms with van der Waals surface area (Å²) in [4.78, 5) is 26.6. The van der Waals surface area contributed by atoms with E-state index < -0.39 is 0 Å². The molecule has 0 radical (unpaired) electrons. The molecule has 0 aliphatic carbocycles. The van der Waals surface area contributed by atoms with Crippen LogP contribution in [0.4, 0.5) is 5.69 Å². The fraction of sp³-hybridized carbons (Fsp3) is 0.455. The summed E-state index contributed by atoms with van der Waals surface area (Å²) in [5.74, 6) is 1.24. The molecule has 152 valence electrons. The normalized spacial score (nSPS) is 11.1. The molecule has 0 aliphatic rings. The predicted molar refractivity (Wildman–Crippen MR) is 111 cm³/mol. The van der Waals surface area contributed by atoms with Gasteiger partial charge in [-0.2, -0.15) is 0 Å². The molecule has 28 heavy (non-hydrogen) atoms. The predicted octanol–water partition coefficient (Wildman–Crippen LogP) is 3.48. The van der Waals surface area contributed by atoms with Crippen molar-refractivity contribution in [3.05, 3.63) is 52.5 Å². The zero-order valence-electron chi connectivity index (χ0n) is 17.7. The largest absolute Gasteiger partial charge is 0.465 e. The standard InChI is InChI=1S/C22H31N3O3/c1-14(2)25(12-19-8-7-18(6)28-19)13-21(27)23-11-20(26)24-22-16(4)9-15(3)10-17(22)5/h7-10,14H,11-13H2,1-6H3,(H,23,27)(H,24,26). The smallest absolute Gasteiger partial charge is 0.243 e. The monoisotopic (exact) mass is 385 g/mol. The minimum Gasteiger partial charge on any atom is -0.465 e. The van der Waals surface area contributed by atoms with E-state index in [9.17, 15) is 9.59 Å². The molecule has 0 fully saturated rings. The number of carbonyl (C=O) groups is 2. The number of amides is 2. The van der Waals surface area contributed by atoms with Crippen molar-refractivity contribution in [1.82, 2.24) is 10.2 Å². The van der Waals surface area contributed by atoms with Crippen LogP contribution in [0.3, 0.4) is 0 Å². The van der Waals surface area contributed by atoms with Crippen molar-refractivity contribution < 1.29 is 14.0 Å². The molecule has 0 spiro atoms. The maximum atomic E-state index is 12.3. The van der Waals surface area contributed by atoms with E-state index in [0.717, 1.165) is 33.9 Å². The van der Waals surface area contributed by atoms with Gasteiger partial charge in [0.05, 0.1) is 19.6 Å². The van der Waals surface area contributed by atoms with Gasteiger partial charge in [0, 0.05) is 11.7 Å². The van der Waals surface area contributed by atoms with Gasteiger partial charge in [0.2, 0.25) is 11.8 Å². The van der Waals surface area contributed by atoms with Crippen LogP contribution in [0.1, 0.15) is 42.1 Å². The van der Waals surface area contributed by atoms with E-state index in [1.807, 2.05) is 70.7 Å². The third kappa shape index (κ3) is 6.23. The molecule has 1 aromatic carbocycles. The topological polar surface area (TPSA) is 74.6 Å². The zero-order valence-corrected chi connectivity index (χ0v) is 17.7. The van der Waals surface area contributed by atoms with Gasteiger partial charge in [0.1, 0.15) is 11.5 Å². The van der Waals surface area contributed by atoms with Gasteiger partial charge in [0.25, 0.3) is 0 Å². The highest BCUT2D eigenvalue weighted by molar-refractivity contribution is 5.96. The van der Waals surface area contributed by atoms with Gasteiger partial charge in [-0.05, 0) is 64.8 Å². The Morgan fingerprint density at radius 1 is 1.04 bits per heavy atom. The molecular weight excluding hydrogens is 354 g/mol. The Hall–Kier alpha value is -2.60. The molecule has 2 rings (SSSR count). The first-order valence-corrected chi connectivity index (χ1v) is 9.59. The van der Waals surface area contributed by atoms with Gasteiger partial charge < -0.3 is 15.1 Å². The molecule has 2 aromatic rings. The van der Waals surface area contributed by atoms with Crippen LogP contribution in [-0.4, -0.2) is 35.8 Å². The summed E-state index contributed by atoms with van der Waals surface area (Å²) >= 11 is 0. The number of anilines is 1. The van der Waals surface area contributed by atoms with Gasteiger partial charge in [-0.1, -0.05) is 17.7 Å². The fourth-order valence-electron chi connectivity index (χ4n) is 3.17. The Kier molecular flexibility index (Phi) is 7.40. The number of rotatable bonds is 8. The lowest BCUT2D eigenvalue weighted by Gasteiger charge is -2.24. The molecule has 0 saturated heterocycles. The number of benzene rings is 1. The lowest BCUT2D eigenvalue weighted by atomic mass is 10.1. The lowest BCUT2D eigenvalue weighted by Crippen LogP contribution is -2.42. The van der Waals surface area contributed by atoms with Crippen molar-refractivity contribution in [2.24, 2.45) is 0 Å². The minimum absolute atomic E-state index is 0.0581. The lowest BCUT2D eigenvalue weighted by molar-refractivity contribution is -0.125. The van der Waals surface area contributed by atoms with Crippen LogP contribution in [-0.2, 0) is 16.1 Å². The molecule has 1 aromatic heterocycles. The van der Waals surface area contributed by atoms with Gasteiger partial charge in [-0.3, -0.25) is 14.5 Å². The van der Waals surface area contributed by atoms with Crippen LogP contribution in [0.25, 0.3) is 0 Å². The Bertz CT molecular complexity index is 816. The Morgan fingerprint density at radius 2 is 1.68 bits per heavy atom. The van der Waals surface area contributed by atoms with E-state index in [1.54, 1.807) is 0 Å². The van der Waals surface area contributed by atoms with Crippen LogP contribution >= 0.6 is 0 Å². The third-order valence-electron chi connectivity index (χ3n) is 4.62. The molecule has 2 amide bonds. The molecule has 0 bridgehead atoms. The highest BCUT2D eigenvalue weighted by Gasteiger charge is 2.17. The fourth-order valence-corrected chi connectivity index (χ4v) is 3.17. The van der Waals surface area contributed by atoms with E-state index in [2.05, 4.69) is 10.6 Å².